The van der Waals surface area contributed by atoms with E-state index in [9.17, 15) is 4.79 Å². The Kier molecular flexibility index (Phi) is 5.01. The number of hydrogen-bond acceptors (Lipinski definition) is 4. The molecule has 0 aliphatic carbocycles. The van der Waals surface area contributed by atoms with Crippen LogP contribution in [0.4, 0.5) is 5.69 Å². The number of aryl methyl sites for hydroxylation is 1. The number of carbonyl (C=O) groups excluding carboxylic acids is 1. The third-order valence-corrected chi connectivity index (χ3v) is 4.09. The summed E-state index contributed by atoms with van der Waals surface area (Å²) in [6, 6.07) is 5.88. The Morgan fingerprint density at radius 3 is 2.81 bits per heavy atom. The molecule has 1 heterocycles. The van der Waals surface area contributed by atoms with Crippen molar-refractivity contribution in [2.45, 2.75) is 38.8 Å². The zero-order valence-electron chi connectivity index (χ0n) is 12.7. The normalized spacial score (nSPS) is 10.9. The summed E-state index contributed by atoms with van der Waals surface area (Å²) in [5, 5.41) is 10.5. The van der Waals surface area contributed by atoms with Crippen LogP contribution in [0.5, 0.6) is 0 Å². The topological polar surface area (TPSA) is 70.7 Å². The minimum Gasteiger partial charge on any atom is -0.325 e. The van der Waals surface area contributed by atoms with Crippen LogP contribution in [0.2, 0.25) is 0 Å². The molecule has 112 valence electrons. The number of H-pyrrole nitrogens is 1. The van der Waals surface area contributed by atoms with Gasteiger partial charge in [0.1, 0.15) is 5.82 Å². The van der Waals surface area contributed by atoms with Gasteiger partial charge in [0.15, 0.2) is 0 Å². The molecule has 0 radical (unpaired) electrons. The van der Waals surface area contributed by atoms with Gasteiger partial charge in [-0.25, -0.2) is 4.98 Å². The third kappa shape index (κ3) is 4.07. The predicted molar refractivity (Wildman–Crippen MR) is 85.7 cm³/mol. The van der Waals surface area contributed by atoms with Crippen LogP contribution in [0.15, 0.2) is 23.4 Å². The van der Waals surface area contributed by atoms with Crippen LogP contribution in [0.3, 0.4) is 0 Å². The van der Waals surface area contributed by atoms with E-state index in [-0.39, 0.29) is 5.91 Å². The van der Waals surface area contributed by atoms with Crippen molar-refractivity contribution in [2.75, 3.05) is 11.1 Å². The van der Waals surface area contributed by atoms with E-state index in [2.05, 4.69) is 20.5 Å². The molecule has 1 amide bonds. The van der Waals surface area contributed by atoms with Crippen LogP contribution in [0.1, 0.15) is 36.7 Å². The van der Waals surface area contributed by atoms with Crippen LogP contribution in [0, 0.1) is 13.8 Å². The number of benzene rings is 1. The summed E-state index contributed by atoms with van der Waals surface area (Å²) in [6.07, 6.45) is 0. The molecule has 0 unspecified atom stereocenters. The minimum absolute atomic E-state index is 0.0513. The van der Waals surface area contributed by atoms with Crippen molar-refractivity contribution < 1.29 is 4.79 Å². The van der Waals surface area contributed by atoms with E-state index in [0.717, 1.165) is 22.6 Å². The summed E-state index contributed by atoms with van der Waals surface area (Å²) in [5.41, 5.74) is 3.12. The summed E-state index contributed by atoms with van der Waals surface area (Å²) in [7, 11) is 0. The van der Waals surface area contributed by atoms with Crippen LogP contribution >= 0.6 is 11.8 Å². The third-order valence-electron chi connectivity index (χ3n) is 3.24. The summed E-state index contributed by atoms with van der Waals surface area (Å²) >= 11 is 1.33. The maximum Gasteiger partial charge on any atom is 0.234 e. The quantitative estimate of drug-likeness (QED) is 0.832. The summed E-state index contributed by atoms with van der Waals surface area (Å²) in [6.45, 7) is 8.12. The van der Waals surface area contributed by atoms with Crippen LogP contribution in [-0.2, 0) is 4.79 Å². The highest BCUT2D eigenvalue weighted by Crippen LogP contribution is 2.20. The number of nitrogens with zero attached hydrogens (tertiary/aromatic N) is 2. The van der Waals surface area contributed by atoms with E-state index in [1.165, 1.54) is 11.8 Å². The Balaban J connectivity index is 1.91. The van der Waals surface area contributed by atoms with Gasteiger partial charge in [-0.2, -0.15) is 0 Å². The molecule has 2 N–H and O–H groups in total. The van der Waals surface area contributed by atoms with Crippen molar-refractivity contribution in [2.24, 2.45) is 0 Å². The SMILES string of the molecule is Cc1cccc(NC(=O)CSc2n[nH]c(C(C)C)n2)c1C. The van der Waals surface area contributed by atoms with E-state index >= 15 is 0 Å². The lowest BCUT2D eigenvalue weighted by Gasteiger charge is -2.09. The molecule has 1 aromatic heterocycles. The molecule has 0 saturated heterocycles. The summed E-state index contributed by atoms with van der Waals surface area (Å²) < 4.78 is 0. The van der Waals surface area contributed by atoms with E-state index in [4.69, 9.17) is 0 Å². The molecule has 1 aromatic carbocycles. The number of hydrogen-bond donors (Lipinski definition) is 2. The van der Waals surface area contributed by atoms with Gasteiger partial charge >= 0.3 is 0 Å². The molecule has 0 fully saturated rings. The lowest BCUT2D eigenvalue weighted by Crippen LogP contribution is -2.15. The molecule has 21 heavy (non-hydrogen) atoms. The predicted octanol–water partition coefficient (Wildman–Crippen LogP) is 3.28. The van der Waals surface area contributed by atoms with Crippen molar-refractivity contribution in [1.29, 1.82) is 0 Å². The Hall–Kier alpha value is -1.82. The molecule has 0 aliphatic rings. The van der Waals surface area contributed by atoms with E-state index < -0.39 is 0 Å². The fourth-order valence-corrected chi connectivity index (χ4v) is 2.39. The average Bonchev–Trinajstić information content (AvgIpc) is 2.91. The molecule has 0 saturated carbocycles. The lowest BCUT2D eigenvalue weighted by molar-refractivity contribution is -0.113. The molecule has 5 nitrogen and oxygen atoms in total. The van der Waals surface area contributed by atoms with Gasteiger partial charge in [-0.3, -0.25) is 9.89 Å². The molecule has 0 spiro atoms. The summed E-state index contributed by atoms with van der Waals surface area (Å²) in [5.74, 6) is 1.38. The number of carbonyl (C=O) groups is 1. The van der Waals surface area contributed by atoms with Crippen molar-refractivity contribution in [3.8, 4) is 0 Å². The second-order valence-corrected chi connectivity index (χ2v) is 6.18. The maximum absolute atomic E-state index is 12.0. The second-order valence-electron chi connectivity index (χ2n) is 5.24. The first-order chi connectivity index (χ1) is 9.97. The Morgan fingerprint density at radius 1 is 1.38 bits per heavy atom. The lowest BCUT2D eigenvalue weighted by atomic mass is 10.1. The Bertz CT molecular complexity index is 636. The molecule has 2 rings (SSSR count). The van der Waals surface area contributed by atoms with Crippen molar-refractivity contribution in [3.05, 3.63) is 35.2 Å². The van der Waals surface area contributed by atoms with E-state index in [1.807, 2.05) is 45.9 Å². The maximum atomic E-state index is 12.0. The highest BCUT2D eigenvalue weighted by molar-refractivity contribution is 7.99. The Morgan fingerprint density at radius 2 is 2.14 bits per heavy atom. The number of aromatic amines is 1. The molecule has 6 heteroatoms. The molecule has 2 aromatic rings. The molecule has 0 bridgehead atoms. The standard InChI is InChI=1S/C15H20N4OS/c1-9(2)14-17-15(19-18-14)21-8-13(20)16-12-7-5-6-10(3)11(12)4/h5-7,9H,8H2,1-4H3,(H,16,20)(H,17,18,19). The van der Waals surface area contributed by atoms with Crippen LogP contribution in [-0.4, -0.2) is 26.8 Å². The fourth-order valence-electron chi connectivity index (χ4n) is 1.78. The van der Waals surface area contributed by atoms with Crippen molar-refractivity contribution in [1.82, 2.24) is 15.2 Å². The fraction of sp³-hybridized carbons (Fsp3) is 0.400. The van der Waals surface area contributed by atoms with Gasteiger partial charge in [0.05, 0.1) is 5.75 Å². The number of amides is 1. The first-order valence-electron chi connectivity index (χ1n) is 6.88. The molecular formula is C15H20N4OS. The van der Waals surface area contributed by atoms with Gasteiger partial charge in [0.2, 0.25) is 11.1 Å². The first kappa shape index (κ1) is 15.6. The molecule has 0 aliphatic heterocycles. The van der Waals surface area contributed by atoms with E-state index in [1.54, 1.807) is 0 Å². The zero-order chi connectivity index (χ0) is 15.4. The highest BCUT2D eigenvalue weighted by atomic mass is 32.2. The largest absolute Gasteiger partial charge is 0.325 e. The highest BCUT2D eigenvalue weighted by Gasteiger charge is 2.10. The molecular weight excluding hydrogens is 284 g/mol. The summed E-state index contributed by atoms with van der Waals surface area (Å²) in [4.78, 5) is 16.3. The minimum atomic E-state index is -0.0513. The van der Waals surface area contributed by atoms with Crippen molar-refractivity contribution in [3.63, 3.8) is 0 Å². The van der Waals surface area contributed by atoms with E-state index in [0.29, 0.717) is 16.8 Å². The number of aromatic nitrogens is 3. The van der Waals surface area contributed by atoms with Gasteiger partial charge in [-0.05, 0) is 31.0 Å². The van der Waals surface area contributed by atoms with Crippen LogP contribution < -0.4 is 5.32 Å². The van der Waals surface area contributed by atoms with Gasteiger partial charge in [-0.1, -0.05) is 37.7 Å². The average molecular weight is 304 g/mol. The number of thioether (sulfide) groups is 1. The van der Waals surface area contributed by atoms with Gasteiger partial charge < -0.3 is 5.32 Å². The molecule has 0 atom stereocenters. The van der Waals surface area contributed by atoms with Crippen molar-refractivity contribution >= 4 is 23.4 Å². The van der Waals surface area contributed by atoms with Gasteiger partial charge in [0.25, 0.3) is 0 Å². The number of rotatable bonds is 5. The smallest absolute Gasteiger partial charge is 0.234 e. The number of nitrogens with one attached hydrogen (secondary N) is 2. The second kappa shape index (κ2) is 6.76. The zero-order valence-corrected chi connectivity index (χ0v) is 13.5. The Labute approximate surface area is 128 Å². The number of anilines is 1. The van der Waals surface area contributed by atoms with Gasteiger partial charge in [0, 0.05) is 11.6 Å². The van der Waals surface area contributed by atoms with Crippen LogP contribution in [0.25, 0.3) is 0 Å². The van der Waals surface area contributed by atoms with Gasteiger partial charge in [-0.15, -0.1) is 5.10 Å². The first-order valence-corrected chi connectivity index (χ1v) is 7.87. The monoisotopic (exact) mass is 304 g/mol.